The molecule has 1 aliphatic rings. The lowest BCUT2D eigenvalue weighted by atomic mass is 9.99. The zero-order chi connectivity index (χ0) is 22.9. The number of nitriles is 1. The number of alkyl halides is 1. The molecular formula is C22H19BrN8O. The van der Waals surface area contributed by atoms with Crippen LogP contribution >= 0.6 is 15.9 Å². The third kappa shape index (κ3) is 5.76. The van der Waals surface area contributed by atoms with E-state index in [0.29, 0.717) is 17.7 Å². The standard InChI is InChI=1S/C22H19BrN8O/c23-21-9-17(16-3-1-2-4-19(16)29-21)22(32)30-20(18(25)12-28-31-26)13-27-11-15-7-5-14(10-24)6-8-15/h1-9,13,21,25,27,29H,11-12H2,(H,30,32)/b20-13+,25-18?. The van der Waals surface area contributed by atoms with Crippen molar-refractivity contribution < 1.29 is 4.79 Å². The maximum Gasteiger partial charge on any atom is 0.256 e. The highest BCUT2D eigenvalue weighted by atomic mass is 79.9. The molecule has 0 fully saturated rings. The Morgan fingerprint density at radius 1 is 1.31 bits per heavy atom. The molecule has 9 nitrogen and oxygen atoms in total. The molecule has 0 bridgehead atoms. The molecule has 1 amide bonds. The first kappa shape index (κ1) is 22.6. The first-order valence-corrected chi connectivity index (χ1v) is 10.5. The van der Waals surface area contributed by atoms with E-state index in [2.05, 4.69) is 48.0 Å². The Morgan fingerprint density at radius 3 is 2.78 bits per heavy atom. The summed E-state index contributed by atoms with van der Waals surface area (Å²) in [5.41, 5.74) is 12.2. The molecule has 0 aromatic heterocycles. The molecule has 4 N–H and O–H groups in total. The topological polar surface area (TPSA) is 150 Å². The van der Waals surface area contributed by atoms with Gasteiger partial charge in [0.2, 0.25) is 0 Å². The van der Waals surface area contributed by atoms with Crippen LogP contribution < -0.4 is 16.0 Å². The van der Waals surface area contributed by atoms with Crippen LogP contribution in [0.3, 0.4) is 0 Å². The summed E-state index contributed by atoms with van der Waals surface area (Å²) in [4.78, 5) is 15.5. The molecule has 160 valence electrons. The van der Waals surface area contributed by atoms with E-state index in [4.69, 9.17) is 16.2 Å². The monoisotopic (exact) mass is 490 g/mol. The number of fused-ring (bicyclic) bond motifs is 1. The zero-order valence-corrected chi connectivity index (χ0v) is 18.4. The van der Waals surface area contributed by atoms with Crippen LogP contribution in [0, 0.1) is 16.7 Å². The highest BCUT2D eigenvalue weighted by molar-refractivity contribution is 9.09. The number of hydrogen-bond donors (Lipinski definition) is 4. The molecule has 1 aliphatic heterocycles. The maximum absolute atomic E-state index is 13.1. The summed E-state index contributed by atoms with van der Waals surface area (Å²) in [5, 5.41) is 29.6. The summed E-state index contributed by atoms with van der Waals surface area (Å²) >= 11 is 3.46. The van der Waals surface area contributed by atoms with Gasteiger partial charge in [0.15, 0.2) is 0 Å². The van der Waals surface area contributed by atoms with Crippen molar-refractivity contribution in [3.8, 4) is 6.07 Å². The van der Waals surface area contributed by atoms with Gasteiger partial charge in [-0.3, -0.25) is 4.79 Å². The fourth-order valence-electron chi connectivity index (χ4n) is 3.01. The number of carbonyl (C=O) groups is 1. The second-order valence-electron chi connectivity index (χ2n) is 6.74. The van der Waals surface area contributed by atoms with E-state index in [-0.39, 0.29) is 28.8 Å². The smallest absolute Gasteiger partial charge is 0.256 e. The lowest BCUT2D eigenvalue weighted by molar-refractivity contribution is -0.114. The second-order valence-corrected chi connectivity index (χ2v) is 7.73. The van der Waals surface area contributed by atoms with E-state index in [1.54, 1.807) is 18.2 Å². The Kier molecular flexibility index (Phi) is 7.65. The van der Waals surface area contributed by atoms with Gasteiger partial charge in [-0.1, -0.05) is 51.4 Å². The van der Waals surface area contributed by atoms with Gasteiger partial charge < -0.3 is 21.4 Å². The minimum atomic E-state index is -0.388. The number of rotatable bonds is 8. The van der Waals surface area contributed by atoms with Crippen molar-refractivity contribution in [3.05, 3.63) is 93.6 Å². The van der Waals surface area contributed by atoms with Gasteiger partial charge in [0.05, 0.1) is 29.6 Å². The lowest BCUT2D eigenvalue weighted by Crippen LogP contribution is -2.32. The van der Waals surface area contributed by atoms with Crippen LogP contribution in [0.15, 0.2) is 71.6 Å². The summed E-state index contributed by atoms with van der Waals surface area (Å²) in [6.45, 7) is 0.207. The van der Waals surface area contributed by atoms with Crippen LogP contribution in [0.5, 0.6) is 0 Å². The van der Waals surface area contributed by atoms with Gasteiger partial charge in [-0.2, -0.15) is 5.26 Å². The number of nitrogens with zero attached hydrogens (tertiary/aromatic N) is 4. The number of anilines is 1. The van der Waals surface area contributed by atoms with Crippen molar-refractivity contribution in [3.63, 3.8) is 0 Å². The third-order valence-electron chi connectivity index (χ3n) is 4.57. The minimum absolute atomic E-state index is 0.0401. The van der Waals surface area contributed by atoms with Crippen LogP contribution in [0.25, 0.3) is 16.0 Å². The van der Waals surface area contributed by atoms with E-state index < -0.39 is 0 Å². The van der Waals surface area contributed by atoms with E-state index in [9.17, 15) is 4.79 Å². The van der Waals surface area contributed by atoms with Crippen LogP contribution in [0.2, 0.25) is 0 Å². The predicted octanol–water partition coefficient (Wildman–Crippen LogP) is 4.17. The number of carbonyl (C=O) groups excluding carboxylic acids is 1. The number of nitrogens with one attached hydrogen (secondary N) is 4. The molecule has 32 heavy (non-hydrogen) atoms. The van der Waals surface area contributed by atoms with Crippen molar-refractivity contribution in [1.29, 1.82) is 10.7 Å². The molecule has 10 heteroatoms. The number of hydrogen-bond acceptors (Lipinski definition) is 6. The van der Waals surface area contributed by atoms with Gasteiger partial charge in [-0.15, -0.1) is 0 Å². The van der Waals surface area contributed by atoms with Crippen molar-refractivity contribution in [1.82, 2.24) is 10.6 Å². The van der Waals surface area contributed by atoms with Crippen molar-refractivity contribution >= 4 is 38.8 Å². The van der Waals surface area contributed by atoms with Crippen molar-refractivity contribution in [2.45, 2.75) is 11.5 Å². The molecule has 0 saturated heterocycles. The Bertz CT molecular complexity index is 1170. The summed E-state index contributed by atoms with van der Waals surface area (Å²) in [6.07, 6.45) is 3.25. The van der Waals surface area contributed by atoms with Gasteiger partial charge in [-0.05, 0) is 35.4 Å². The Hall–Kier alpha value is -4.06. The largest absolute Gasteiger partial charge is 0.385 e. The first-order valence-electron chi connectivity index (χ1n) is 9.56. The SMILES string of the molecule is N#Cc1ccc(CN/C=C(/NC(=O)C2=CC(Br)Nc3ccccc32)C(=N)CN=[N+]=[N-])cc1. The summed E-state index contributed by atoms with van der Waals surface area (Å²) < 4.78 is 0. The van der Waals surface area contributed by atoms with Gasteiger partial charge in [-0.25, -0.2) is 0 Å². The minimum Gasteiger partial charge on any atom is -0.385 e. The van der Waals surface area contributed by atoms with Gasteiger partial charge >= 0.3 is 0 Å². The second kappa shape index (κ2) is 10.8. The molecule has 0 aliphatic carbocycles. The summed E-state index contributed by atoms with van der Waals surface area (Å²) in [5.74, 6) is -0.388. The quantitative estimate of drug-likeness (QED) is 0.109. The molecule has 3 rings (SSSR count). The molecule has 1 atom stereocenters. The van der Waals surface area contributed by atoms with Gasteiger partial charge in [0.25, 0.3) is 5.91 Å². The molecule has 2 aromatic carbocycles. The van der Waals surface area contributed by atoms with E-state index in [1.807, 2.05) is 36.4 Å². The van der Waals surface area contributed by atoms with E-state index >= 15 is 0 Å². The van der Waals surface area contributed by atoms with Crippen molar-refractivity contribution in [2.24, 2.45) is 5.11 Å². The molecule has 2 aromatic rings. The van der Waals surface area contributed by atoms with Crippen LogP contribution in [0.4, 0.5) is 5.69 Å². The number of benzene rings is 2. The van der Waals surface area contributed by atoms with E-state index in [0.717, 1.165) is 16.8 Å². The highest BCUT2D eigenvalue weighted by Crippen LogP contribution is 2.31. The molecule has 1 heterocycles. The number of amides is 1. The number of azide groups is 1. The fourth-order valence-corrected chi connectivity index (χ4v) is 3.52. The highest BCUT2D eigenvalue weighted by Gasteiger charge is 2.23. The van der Waals surface area contributed by atoms with Crippen molar-refractivity contribution in [2.75, 3.05) is 11.9 Å². The molecule has 0 radical (unpaired) electrons. The molecule has 1 unspecified atom stereocenters. The van der Waals surface area contributed by atoms with E-state index in [1.165, 1.54) is 6.20 Å². The molecule has 0 saturated carbocycles. The average molecular weight is 491 g/mol. The lowest BCUT2D eigenvalue weighted by Gasteiger charge is -2.23. The zero-order valence-electron chi connectivity index (χ0n) is 16.8. The first-order chi connectivity index (χ1) is 15.5. The number of para-hydroxylation sites is 1. The third-order valence-corrected chi connectivity index (χ3v) is 5.06. The normalized spacial score (nSPS) is 14.6. The van der Waals surface area contributed by atoms with Gasteiger partial charge in [0.1, 0.15) is 4.95 Å². The Labute approximate surface area is 193 Å². The van der Waals surface area contributed by atoms with Gasteiger partial charge in [0, 0.05) is 34.5 Å². The van der Waals surface area contributed by atoms with Crippen LogP contribution in [0.1, 0.15) is 16.7 Å². The van der Waals surface area contributed by atoms with Crippen LogP contribution in [-0.2, 0) is 11.3 Å². The predicted molar refractivity (Wildman–Crippen MR) is 127 cm³/mol. The maximum atomic E-state index is 13.1. The Balaban J connectivity index is 1.78. The molecule has 0 spiro atoms. The van der Waals surface area contributed by atoms with Crippen LogP contribution in [-0.4, -0.2) is 23.1 Å². The summed E-state index contributed by atoms with van der Waals surface area (Å²) in [7, 11) is 0. The molecular weight excluding hydrogens is 472 g/mol. The Morgan fingerprint density at radius 2 is 2.06 bits per heavy atom. The number of halogens is 1. The average Bonchev–Trinajstić information content (AvgIpc) is 2.81. The fraction of sp³-hybridized carbons (Fsp3) is 0.136. The summed E-state index contributed by atoms with van der Waals surface area (Å²) in [6, 6.07) is 16.6.